The van der Waals surface area contributed by atoms with Gasteiger partial charge in [-0.25, -0.2) is 4.39 Å². The summed E-state index contributed by atoms with van der Waals surface area (Å²) in [7, 11) is 0. The summed E-state index contributed by atoms with van der Waals surface area (Å²) in [6.45, 7) is 1.72. The molecule has 0 spiro atoms. The molecular weight excluding hydrogens is 417 g/mol. The molecule has 0 bridgehead atoms. The maximum absolute atomic E-state index is 13.5. The van der Waals surface area contributed by atoms with Crippen LogP contribution in [0.4, 0.5) is 9.52 Å². The van der Waals surface area contributed by atoms with Gasteiger partial charge in [-0.2, -0.15) is 0 Å². The molecule has 0 saturated carbocycles. The molecule has 1 atom stereocenters. The Bertz CT molecular complexity index is 1140. The second-order valence-electron chi connectivity index (χ2n) is 6.33. The van der Waals surface area contributed by atoms with Gasteiger partial charge in [-0.05, 0) is 48.9 Å². The highest BCUT2D eigenvalue weighted by Gasteiger charge is 2.48. The van der Waals surface area contributed by atoms with Crippen molar-refractivity contribution in [3.05, 3.63) is 81.1 Å². The van der Waals surface area contributed by atoms with Crippen molar-refractivity contribution in [2.75, 3.05) is 4.90 Å². The van der Waals surface area contributed by atoms with Gasteiger partial charge >= 0.3 is 5.91 Å². The van der Waals surface area contributed by atoms with E-state index in [1.54, 1.807) is 31.2 Å². The molecule has 2 heterocycles. The Morgan fingerprint density at radius 3 is 2.34 bits per heavy atom. The number of aryl methyl sites for hydroxylation is 1. The summed E-state index contributed by atoms with van der Waals surface area (Å²) in [5.74, 6) is -2.51. The first kappa shape index (κ1) is 19.2. The summed E-state index contributed by atoms with van der Waals surface area (Å²) >= 11 is 7.04. The molecule has 3 aromatic rings. The summed E-state index contributed by atoms with van der Waals surface area (Å²) in [4.78, 5) is 26.9. The summed E-state index contributed by atoms with van der Waals surface area (Å²) in [5, 5.41) is 20.1. The largest absolute Gasteiger partial charge is 0.507 e. The molecule has 1 saturated heterocycles. The average molecular weight is 430 g/mol. The Kier molecular flexibility index (Phi) is 4.89. The lowest BCUT2D eigenvalue weighted by atomic mass is 9.95. The Morgan fingerprint density at radius 1 is 1.10 bits per heavy atom. The fraction of sp³-hybridized carbons (Fsp3) is 0.100. The minimum atomic E-state index is -0.973. The van der Waals surface area contributed by atoms with Crippen molar-refractivity contribution in [3.63, 3.8) is 0 Å². The van der Waals surface area contributed by atoms with Crippen LogP contribution in [0.1, 0.15) is 22.2 Å². The lowest BCUT2D eigenvalue weighted by Crippen LogP contribution is -2.29. The second-order valence-corrected chi connectivity index (χ2v) is 7.93. The Balaban J connectivity index is 1.93. The van der Waals surface area contributed by atoms with Crippen LogP contribution in [0.3, 0.4) is 0 Å². The van der Waals surface area contributed by atoms with Gasteiger partial charge in [0.25, 0.3) is 5.78 Å². The summed E-state index contributed by atoms with van der Waals surface area (Å²) in [6.07, 6.45) is 0. The normalized spacial score (nSPS) is 18.4. The van der Waals surface area contributed by atoms with E-state index in [1.807, 2.05) is 0 Å². The van der Waals surface area contributed by atoms with E-state index in [9.17, 15) is 19.1 Å². The fourth-order valence-electron chi connectivity index (χ4n) is 3.14. The van der Waals surface area contributed by atoms with Gasteiger partial charge in [0.2, 0.25) is 5.13 Å². The van der Waals surface area contributed by atoms with E-state index in [4.69, 9.17) is 11.6 Å². The Labute approximate surface area is 173 Å². The number of amides is 1. The molecule has 1 aromatic heterocycles. The van der Waals surface area contributed by atoms with Crippen molar-refractivity contribution in [3.8, 4) is 0 Å². The number of ketones is 1. The highest BCUT2D eigenvalue weighted by atomic mass is 35.5. The van der Waals surface area contributed by atoms with E-state index in [-0.39, 0.29) is 16.5 Å². The van der Waals surface area contributed by atoms with Crippen molar-refractivity contribution < 1.29 is 19.1 Å². The average Bonchev–Trinajstić information content (AvgIpc) is 3.24. The molecule has 1 amide bonds. The molecule has 0 unspecified atom stereocenters. The zero-order valence-electron chi connectivity index (χ0n) is 15.0. The SMILES string of the molecule is Cc1nnc(N2C(=O)C(=O)C(=C(O)c3ccc(Cl)cc3)[C@@H]2c2ccc(F)cc2)s1. The first-order valence-electron chi connectivity index (χ1n) is 8.49. The van der Waals surface area contributed by atoms with Gasteiger partial charge < -0.3 is 5.11 Å². The van der Waals surface area contributed by atoms with Crippen molar-refractivity contribution in [1.82, 2.24) is 10.2 Å². The molecule has 4 rings (SSSR count). The van der Waals surface area contributed by atoms with Gasteiger partial charge in [-0.15, -0.1) is 10.2 Å². The number of carbonyl (C=O) groups is 2. The maximum Gasteiger partial charge on any atom is 0.301 e. The molecule has 2 aromatic carbocycles. The number of aliphatic hydroxyl groups excluding tert-OH is 1. The minimum Gasteiger partial charge on any atom is -0.507 e. The lowest BCUT2D eigenvalue weighted by Gasteiger charge is -2.22. The topological polar surface area (TPSA) is 83.4 Å². The lowest BCUT2D eigenvalue weighted by molar-refractivity contribution is -0.132. The fourth-order valence-corrected chi connectivity index (χ4v) is 3.98. The number of carbonyl (C=O) groups excluding carboxylic acids is 2. The molecule has 29 heavy (non-hydrogen) atoms. The van der Waals surface area contributed by atoms with Crippen LogP contribution < -0.4 is 4.90 Å². The molecule has 1 fully saturated rings. The van der Waals surface area contributed by atoms with E-state index < -0.39 is 23.5 Å². The molecule has 0 aliphatic carbocycles. The minimum absolute atomic E-state index is 0.114. The monoisotopic (exact) mass is 429 g/mol. The van der Waals surface area contributed by atoms with Gasteiger partial charge in [0.15, 0.2) is 0 Å². The van der Waals surface area contributed by atoms with Gasteiger partial charge in [-0.1, -0.05) is 35.1 Å². The van der Waals surface area contributed by atoms with Crippen molar-refractivity contribution in [2.45, 2.75) is 13.0 Å². The van der Waals surface area contributed by atoms with Gasteiger partial charge in [-0.3, -0.25) is 14.5 Å². The van der Waals surface area contributed by atoms with Crippen LogP contribution in [0.2, 0.25) is 5.02 Å². The number of aromatic nitrogens is 2. The van der Waals surface area contributed by atoms with E-state index in [1.165, 1.54) is 29.2 Å². The number of hydrogen-bond donors (Lipinski definition) is 1. The number of rotatable bonds is 3. The Hall–Kier alpha value is -3.10. The van der Waals surface area contributed by atoms with E-state index >= 15 is 0 Å². The van der Waals surface area contributed by atoms with Crippen molar-refractivity contribution in [2.24, 2.45) is 0 Å². The quantitative estimate of drug-likeness (QED) is 0.382. The third-order valence-corrected chi connectivity index (χ3v) is 5.56. The molecule has 9 heteroatoms. The summed E-state index contributed by atoms with van der Waals surface area (Å²) in [6, 6.07) is 10.6. The standard InChI is InChI=1S/C20H13ClFN3O3S/c1-10-23-24-20(29-10)25-16(11-4-8-14(22)9-5-11)15(18(27)19(25)28)17(26)12-2-6-13(21)7-3-12/h2-9,16,26H,1H3/t16-/m0/s1. The highest BCUT2D eigenvalue weighted by molar-refractivity contribution is 7.15. The van der Waals surface area contributed by atoms with Crippen LogP contribution in [0.25, 0.3) is 5.76 Å². The number of hydrogen-bond acceptors (Lipinski definition) is 6. The smallest absolute Gasteiger partial charge is 0.301 e. The van der Waals surface area contributed by atoms with E-state index in [2.05, 4.69) is 10.2 Å². The number of anilines is 1. The molecule has 1 N–H and O–H groups in total. The molecule has 1 aliphatic heterocycles. The number of aliphatic hydroxyl groups is 1. The zero-order valence-corrected chi connectivity index (χ0v) is 16.5. The zero-order chi connectivity index (χ0) is 20.7. The predicted molar refractivity (Wildman–Crippen MR) is 107 cm³/mol. The van der Waals surface area contributed by atoms with Gasteiger partial charge in [0.05, 0.1) is 11.6 Å². The van der Waals surface area contributed by atoms with Crippen LogP contribution in [0.15, 0.2) is 54.1 Å². The van der Waals surface area contributed by atoms with Crippen molar-refractivity contribution >= 4 is 45.5 Å². The van der Waals surface area contributed by atoms with Crippen molar-refractivity contribution in [1.29, 1.82) is 0 Å². The Morgan fingerprint density at radius 2 is 1.76 bits per heavy atom. The molecule has 146 valence electrons. The second kappa shape index (κ2) is 7.38. The first-order valence-corrected chi connectivity index (χ1v) is 9.69. The number of Topliss-reactive ketones (excluding diaryl/α,β-unsaturated/α-hetero) is 1. The molecule has 6 nitrogen and oxygen atoms in total. The van der Waals surface area contributed by atoms with Crippen LogP contribution in [-0.2, 0) is 9.59 Å². The van der Waals surface area contributed by atoms with Gasteiger partial charge in [0, 0.05) is 10.6 Å². The van der Waals surface area contributed by atoms with Crippen LogP contribution in [-0.4, -0.2) is 27.0 Å². The van der Waals surface area contributed by atoms with Gasteiger partial charge in [0.1, 0.15) is 16.6 Å². The number of benzene rings is 2. The molecule has 1 aliphatic rings. The summed E-state index contributed by atoms with van der Waals surface area (Å²) < 4.78 is 13.5. The molecular formula is C20H13ClFN3O3S. The highest BCUT2D eigenvalue weighted by Crippen LogP contribution is 2.42. The summed E-state index contributed by atoms with van der Waals surface area (Å²) in [5.41, 5.74) is 0.665. The third kappa shape index (κ3) is 3.41. The van der Waals surface area contributed by atoms with Crippen LogP contribution in [0, 0.1) is 12.7 Å². The number of nitrogens with zero attached hydrogens (tertiary/aromatic N) is 3. The first-order chi connectivity index (χ1) is 13.9. The third-order valence-electron chi connectivity index (χ3n) is 4.47. The van der Waals surface area contributed by atoms with Crippen LogP contribution in [0.5, 0.6) is 0 Å². The molecule has 0 radical (unpaired) electrons. The maximum atomic E-state index is 13.5. The predicted octanol–water partition coefficient (Wildman–Crippen LogP) is 4.27. The van der Waals surface area contributed by atoms with E-state index in [0.29, 0.717) is 21.2 Å². The van der Waals surface area contributed by atoms with Crippen LogP contribution >= 0.6 is 22.9 Å². The number of halogens is 2. The van der Waals surface area contributed by atoms with E-state index in [0.717, 1.165) is 11.3 Å².